The molecule has 2 aromatic rings. The van der Waals surface area contributed by atoms with Crippen LogP contribution in [0, 0.1) is 0 Å². The van der Waals surface area contributed by atoms with Crippen molar-refractivity contribution < 1.29 is 23.8 Å². The van der Waals surface area contributed by atoms with Crippen LogP contribution in [-0.4, -0.2) is 46.7 Å². The topological polar surface area (TPSA) is 85.0 Å². The van der Waals surface area contributed by atoms with E-state index in [0.29, 0.717) is 36.8 Å². The van der Waals surface area contributed by atoms with E-state index >= 15 is 0 Å². The quantitative estimate of drug-likeness (QED) is 0.869. The number of amides is 1. The van der Waals surface area contributed by atoms with Gasteiger partial charge in [-0.15, -0.1) is 0 Å². The van der Waals surface area contributed by atoms with Gasteiger partial charge in [0.1, 0.15) is 0 Å². The Morgan fingerprint density at radius 1 is 1.33 bits per heavy atom. The number of carbonyl (C=O) groups excluding carboxylic acids is 1. The Morgan fingerprint density at radius 2 is 2.07 bits per heavy atom. The van der Waals surface area contributed by atoms with E-state index < -0.39 is 5.60 Å². The summed E-state index contributed by atoms with van der Waals surface area (Å²) in [6, 6.07) is 6.87. The van der Waals surface area contributed by atoms with E-state index in [1.807, 2.05) is 17.9 Å². The number of nitrogens with zero attached hydrogens (tertiary/aromatic N) is 2. The van der Waals surface area contributed by atoms with Gasteiger partial charge in [-0.25, -0.2) is 4.98 Å². The third-order valence-corrected chi connectivity index (χ3v) is 5.55. The highest BCUT2D eigenvalue weighted by atomic mass is 16.6. The molecule has 2 saturated heterocycles. The predicted octanol–water partition coefficient (Wildman–Crippen LogP) is 2.74. The Morgan fingerprint density at radius 3 is 2.74 bits per heavy atom. The Bertz CT molecular complexity index is 819. The maximum absolute atomic E-state index is 13.0. The first kappa shape index (κ1) is 17.9. The molecule has 27 heavy (non-hydrogen) atoms. The molecule has 1 amide bonds. The molecule has 0 radical (unpaired) electrons. The molecule has 0 aliphatic carbocycles. The summed E-state index contributed by atoms with van der Waals surface area (Å²) in [4.78, 5) is 19.1. The number of methoxy groups -OCH3 is 1. The number of aliphatic hydroxyl groups is 1. The average molecular weight is 372 g/mol. The van der Waals surface area contributed by atoms with Crippen molar-refractivity contribution in [2.45, 2.75) is 50.3 Å². The lowest BCUT2D eigenvalue weighted by molar-refractivity contribution is -0.0501. The van der Waals surface area contributed by atoms with Gasteiger partial charge in [-0.2, -0.15) is 0 Å². The summed E-state index contributed by atoms with van der Waals surface area (Å²) in [5, 5.41) is 11.4. The van der Waals surface area contributed by atoms with Crippen molar-refractivity contribution in [1.29, 1.82) is 0 Å². The van der Waals surface area contributed by atoms with E-state index in [1.54, 1.807) is 31.5 Å². The van der Waals surface area contributed by atoms with Crippen LogP contribution in [0.2, 0.25) is 0 Å². The number of piperidine rings is 1. The number of aromatic nitrogens is 1. The van der Waals surface area contributed by atoms with Gasteiger partial charge < -0.3 is 23.9 Å². The molecular formula is C20H24N2O5. The van der Waals surface area contributed by atoms with E-state index in [-0.39, 0.29) is 23.8 Å². The normalized spacial score (nSPS) is 26.9. The van der Waals surface area contributed by atoms with Crippen molar-refractivity contribution in [2.24, 2.45) is 0 Å². The Balaban J connectivity index is 1.57. The number of hydrogen-bond acceptors (Lipinski definition) is 6. The molecule has 144 valence electrons. The van der Waals surface area contributed by atoms with E-state index in [1.165, 1.54) is 0 Å². The average Bonchev–Trinajstić information content (AvgIpc) is 3.25. The van der Waals surface area contributed by atoms with Crippen LogP contribution in [0.5, 0.6) is 11.8 Å². The van der Waals surface area contributed by atoms with E-state index in [9.17, 15) is 9.90 Å². The largest absolute Gasteiger partial charge is 0.481 e. The smallest absolute Gasteiger partial charge is 0.290 e. The maximum atomic E-state index is 13.0. The number of pyridine rings is 1. The first-order valence-corrected chi connectivity index (χ1v) is 9.33. The molecule has 2 aliphatic heterocycles. The van der Waals surface area contributed by atoms with Gasteiger partial charge in [0, 0.05) is 42.8 Å². The number of fused-ring (bicyclic) bond motifs is 2. The molecule has 4 rings (SSSR count). The molecule has 2 atom stereocenters. The summed E-state index contributed by atoms with van der Waals surface area (Å²) in [5.74, 6) is 0.918. The Labute approximate surface area is 157 Å². The minimum atomic E-state index is -1.05. The molecule has 1 N–H and O–H groups in total. The molecule has 2 aromatic heterocycles. The molecule has 0 aromatic carbocycles. The fourth-order valence-corrected chi connectivity index (χ4v) is 4.47. The number of rotatable bonds is 5. The van der Waals surface area contributed by atoms with Gasteiger partial charge >= 0.3 is 0 Å². The third-order valence-electron chi connectivity index (χ3n) is 5.55. The number of ether oxygens (including phenoxy) is 2. The van der Waals surface area contributed by atoms with Gasteiger partial charge in [0.05, 0.1) is 19.3 Å². The van der Waals surface area contributed by atoms with Crippen LogP contribution in [0.25, 0.3) is 0 Å². The number of hydrogen-bond donors (Lipinski definition) is 1. The fourth-order valence-electron chi connectivity index (χ4n) is 4.47. The van der Waals surface area contributed by atoms with Crippen molar-refractivity contribution in [1.82, 2.24) is 9.88 Å². The van der Waals surface area contributed by atoms with E-state index in [0.717, 1.165) is 12.8 Å². The molecule has 2 bridgehead atoms. The lowest BCUT2D eigenvalue weighted by Gasteiger charge is -2.43. The van der Waals surface area contributed by atoms with Gasteiger partial charge in [0.25, 0.3) is 11.9 Å². The summed E-state index contributed by atoms with van der Waals surface area (Å²) >= 11 is 0. The fraction of sp³-hybridized carbons (Fsp3) is 0.500. The standard InChI is InChI=1S/C20H24N2O5/c1-3-26-17-9-8-16(27-17)19(23)22-13-6-7-14(22)12-20(24,11-13)15-5-4-10-21-18(15)25-2/h4-5,8-10,13-14,24H,3,6-7,11-12H2,1-2H3. The zero-order chi connectivity index (χ0) is 19.0. The Kier molecular flexibility index (Phi) is 4.55. The summed E-state index contributed by atoms with van der Waals surface area (Å²) < 4.78 is 16.2. The summed E-state index contributed by atoms with van der Waals surface area (Å²) in [6.45, 7) is 2.35. The highest BCUT2D eigenvalue weighted by molar-refractivity contribution is 5.92. The summed E-state index contributed by atoms with van der Waals surface area (Å²) in [6.07, 6.45) is 4.28. The van der Waals surface area contributed by atoms with Gasteiger partial charge in [0.2, 0.25) is 5.88 Å². The van der Waals surface area contributed by atoms with Crippen molar-refractivity contribution in [3.63, 3.8) is 0 Å². The molecule has 0 spiro atoms. The Hall–Kier alpha value is -2.54. The van der Waals surface area contributed by atoms with Crippen LogP contribution >= 0.6 is 0 Å². The van der Waals surface area contributed by atoms with Crippen molar-refractivity contribution >= 4 is 5.91 Å². The molecule has 2 fully saturated rings. The SMILES string of the molecule is CCOc1ccc(C(=O)N2C3CCC2CC(O)(c2cccnc2OC)C3)o1. The van der Waals surface area contributed by atoms with Gasteiger partial charge in [-0.05, 0) is 38.0 Å². The molecule has 4 heterocycles. The minimum Gasteiger partial charge on any atom is -0.481 e. The number of carbonyl (C=O) groups is 1. The van der Waals surface area contributed by atoms with Crippen molar-refractivity contribution in [2.75, 3.05) is 13.7 Å². The summed E-state index contributed by atoms with van der Waals surface area (Å²) in [7, 11) is 1.55. The third kappa shape index (κ3) is 3.06. The summed E-state index contributed by atoms with van der Waals surface area (Å²) in [5.41, 5.74) is -0.366. The van der Waals surface area contributed by atoms with Gasteiger partial charge in [-0.3, -0.25) is 4.79 Å². The van der Waals surface area contributed by atoms with E-state index in [2.05, 4.69) is 4.98 Å². The first-order valence-electron chi connectivity index (χ1n) is 9.33. The molecule has 0 saturated carbocycles. The second kappa shape index (κ2) is 6.88. The van der Waals surface area contributed by atoms with Crippen LogP contribution in [0.15, 0.2) is 34.9 Å². The highest BCUT2D eigenvalue weighted by Crippen LogP contribution is 2.48. The van der Waals surface area contributed by atoms with Crippen LogP contribution < -0.4 is 9.47 Å². The van der Waals surface area contributed by atoms with Crippen molar-refractivity contribution in [3.05, 3.63) is 41.8 Å². The minimum absolute atomic E-state index is 0.0493. The van der Waals surface area contributed by atoms with Gasteiger partial charge in [-0.1, -0.05) is 0 Å². The zero-order valence-electron chi connectivity index (χ0n) is 15.6. The van der Waals surface area contributed by atoms with Crippen molar-refractivity contribution in [3.8, 4) is 11.8 Å². The first-order chi connectivity index (χ1) is 13.1. The second-order valence-electron chi connectivity index (χ2n) is 7.15. The van der Waals surface area contributed by atoms with Crippen LogP contribution in [0.3, 0.4) is 0 Å². The molecular weight excluding hydrogens is 348 g/mol. The molecule has 7 nitrogen and oxygen atoms in total. The number of furan rings is 1. The van der Waals surface area contributed by atoms with Crippen LogP contribution in [0.4, 0.5) is 0 Å². The predicted molar refractivity (Wildman–Crippen MR) is 96.8 cm³/mol. The van der Waals surface area contributed by atoms with E-state index in [4.69, 9.17) is 13.9 Å². The molecule has 2 aliphatic rings. The van der Waals surface area contributed by atoms with Gasteiger partial charge in [0.15, 0.2) is 5.76 Å². The van der Waals surface area contributed by atoms with Crippen LogP contribution in [0.1, 0.15) is 48.7 Å². The molecule has 2 unspecified atom stereocenters. The zero-order valence-corrected chi connectivity index (χ0v) is 15.6. The monoisotopic (exact) mass is 372 g/mol. The second-order valence-corrected chi connectivity index (χ2v) is 7.15. The lowest BCUT2D eigenvalue weighted by atomic mass is 9.80. The molecule has 7 heteroatoms. The highest BCUT2D eigenvalue weighted by Gasteiger charge is 2.51. The maximum Gasteiger partial charge on any atom is 0.290 e. The lowest BCUT2D eigenvalue weighted by Crippen LogP contribution is -2.52. The van der Waals surface area contributed by atoms with Crippen LogP contribution in [-0.2, 0) is 5.60 Å².